The minimum atomic E-state index is -0.658. The molecule has 0 aliphatic heterocycles. The third kappa shape index (κ3) is 2.63. The van der Waals surface area contributed by atoms with E-state index in [1.54, 1.807) is 0 Å². The molecule has 0 bridgehead atoms. The van der Waals surface area contributed by atoms with Crippen LogP contribution in [-0.4, -0.2) is 25.0 Å². The van der Waals surface area contributed by atoms with Gasteiger partial charge in [0.25, 0.3) is 0 Å². The summed E-state index contributed by atoms with van der Waals surface area (Å²) >= 11 is 5.09. The number of nitrogens with two attached hydrogens (primary N) is 1. The van der Waals surface area contributed by atoms with Gasteiger partial charge in [0.05, 0.1) is 10.4 Å². The normalized spacial score (nSPS) is 24.6. The van der Waals surface area contributed by atoms with E-state index in [1.165, 1.54) is 0 Å². The van der Waals surface area contributed by atoms with Crippen molar-refractivity contribution >= 4 is 34.5 Å². The van der Waals surface area contributed by atoms with Crippen LogP contribution >= 0.6 is 12.2 Å². The molecule has 20 heavy (non-hydrogen) atoms. The minimum Gasteiger partial charge on any atom is -0.392 e. The molecule has 0 radical (unpaired) electrons. The lowest BCUT2D eigenvalue weighted by Crippen LogP contribution is -2.53. The molecule has 1 fully saturated rings. The molecule has 0 atom stereocenters. The smallest absolute Gasteiger partial charge is 0.237 e. The van der Waals surface area contributed by atoms with Gasteiger partial charge in [-0.1, -0.05) is 19.1 Å². The monoisotopic (exact) mass is 291 g/mol. The fraction of sp³-hybridized carbons (Fsp3) is 0.467. The fourth-order valence-corrected chi connectivity index (χ4v) is 2.98. The van der Waals surface area contributed by atoms with Crippen LogP contribution < -0.4 is 16.0 Å². The van der Waals surface area contributed by atoms with E-state index >= 15 is 0 Å². The molecule has 3 N–H and O–H groups in total. The average molecular weight is 291 g/mol. The van der Waals surface area contributed by atoms with Crippen molar-refractivity contribution in [2.24, 2.45) is 17.1 Å². The first-order valence-electron chi connectivity index (χ1n) is 6.74. The van der Waals surface area contributed by atoms with Crippen molar-refractivity contribution in [3.05, 3.63) is 24.3 Å². The van der Waals surface area contributed by atoms with Gasteiger partial charge in [-0.3, -0.25) is 4.79 Å². The highest BCUT2D eigenvalue weighted by molar-refractivity contribution is 7.80. The summed E-state index contributed by atoms with van der Waals surface area (Å²) in [5.41, 5.74) is 6.98. The Hall–Kier alpha value is -1.62. The van der Waals surface area contributed by atoms with Crippen LogP contribution in [0.3, 0.4) is 0 Å². The molecular weight excluding hydrogens is 270 g/mol. The topological polar surface area (TPSA) is 58.4 Å². The van der Waals surface area contributed by atoms with Gasteiger partial charge in [0.15, 0.2) is 0 Å². The first kappa shape index (κ1) is 14.8. The third-order valence-electron chi connectivity index (χ3n) is 3.94. The van der Waals surface area contributed by atoms with E-state index in [9.17, 15) is 4.79 Å². The molecule has 5 heteroatoms. The number of thiocarbonyl (C=S) groups is 1. The molecule has 1 amide bonds. The lowest BCUT2D eigenvalue weighted by molar-refractivity contribution is -0.127. The summed E-state index contributed by atoms with van der Waals surface area (Å²) in [5, 5.41) is 2.93. The van der Waals surface area contributed by atoms with Crippen molar-refractivity contribution in [3.8, 4) is 0 Å². The second kappa shape index (κ2) is 5.40. The van der Waals surface area contributed by atoms with Gasteiger partial charge in [0.1, 0.15) is 0 Å². The minimum absolute atomic E-state index is 0.0827. The number of rotatable bonds is 4. The number of anilines is 2. The van der Waals surface area contributed by atoms with Crippen LogP contribution in [0.25, 0.3) is 0 Å². The van der Waals surface area contributed by atoms with Crippen LogP contribution in [0.2, 0.25) is 0 Å². The largest absolute Gasteiger partial charge is 0.392 e. The lowest BCUT2D eigenvalue weighted by atomic mass is 9.62. The maximum Gasteiger partial charge on any atom is 0.237 e. The lowest BCUT2D eigenvalue weighted by Gasteiger charge is -2.44. The number of hydrogen-bond acceptors (Lipinski definition) is 3. The van der Waals surface area contributed by atoms with Crippen LogP contribution in [0.4, 0.5) is 11.4 Å². The first-order chi connectivity index (χ1) is 9.35. The van der Waals surface area contributed by atoms with E-state index < -0.39 is 5.41 Å². The highest BCUT2D eigenvalue weighted by Crippen LogP contribution is 2.46. The molecule has 1 aromatic carbocycles. The summed E-state index contributed by atoms with van der Waals surface area (Å²) < 4.78 is 0. The Balaban J connectivity index is 2.09. The first-order valence-corrected chi connectivity index (χ1v) is 7.15. The predicted octanol–water partition coefficient (Wildman–Crippen LogP) is 2.39. The van der Waals surface area contributed by atoms with Crippen molar-refractivity contribution < 1.29 is 4.79 Å². The Labute approximate surface area is 125 Å². The van der Waals surface area contributed by atoms with E-state index in [4.69, 9.17) is 18.0 Å². The van der Waals surface area contributed by atoms with Gasteiger partial charge in [-0.05, 0) is 43.0 Å². The zero-order valence-corrected chi connectivity index (χ0v) is 13.0. The zero-order valence-electron chi connectivity index (χ0n) is 12.1. The number of nitrogens with one attached hydrogen (secondary N) is 1. The number of nitrogens with zero attached hydrogens (tertiary/aromatic N) is 1. The van der Waals surface area contributed by atoms with Crippen LogP contribution in [0.5, 0.6) is 0 Å². The molecule has 0 heterocycles. The molecule has 1 aromatic rings. The average Bonchev–Trinajstić information content (AvgIpc) is 2.34. The van der Waals surface area contributed by atoms with Gasteiger partial charge in [0, 0.05) is 25.5 Å². The molecule has 0 saturated heterocycles. The highest BCUT2D eigenvalue weighted by atomic mass is 32.1. The van der Waals surface area contributed by atoms with E-state index in [1.807, 2.05) is 43.3 Å². The Bertz CT molecular complexity index is 518. The van der Waals surface area contributed by atoms with Crippen LogP contribution in [0.1, 0.15) is 19.8 Å². The Morgan fingerprint density at radius 3 is 2.30 bits per heavy atom. The van der Waals surface area contributed by atoms with Crippen molar-refractivity contribution in [2.75, 3.05) is 24.3 Å². The number of amides is 1. The van der Waals surface area contributed by atoms with Gasteiger partial charge in [-0.2, -0.15) is 0 Å². The summed E-state index contributed by atoms with van der Waals surface area (Å²) in [7, 11) is 3.95. The van der Waals surface area contributed by atoms with Gasteiger partial charge in [-0.15, -0.1) is 0 Å². The summed E-state index contributed by atoms with van der Waals surface area (Å²) in [6.07, 6.45) is 1.48. The van der Waals surface area contributed by atoms with Crippen LogP contribution in [-0.2, 0) is 4.79 Å². The molecule has 1 aliphatic carbocycles. The van der Waals surface area contributed by atoms with Crippen molar-refractivity contribution in [2.45, 2.75) is 19.8 Å². The Kier molecular flexibility index (Phi) is 3.99. The summed E-state index contributed by atoms with van der Waals surface area (Å²) in [6.45, 7) is 2.11. The maximum atomic E-state index is 12.4. The molecule has 1 aliphatic rings. The quantitative estimate of drug-likeness (QED) is 0.836. The predicted molar refractivity (Wildman–Crippen MR) is 87.0 cm³/mol. The van der Waals surface area contributed by atoms with Crippen LogP contribution in [0, 0.1) is 11.3 Å². The second-order valence-corrected chi connectivity index (χ2v) is 6.30. The molecule has 4 nitrogen and oxygen atoms in total. The van der Waals surface area contributed by atoms with E-state index in [-0.39, 0.29) is 5.91 Å². The summed E-state index contributed by atoms with van der Waals surface area (Å²) in [6, 6.07) is 7.71. The highest BCUT2D eigenvalue weighted by Gasteiger charge is 2.50. The van der Waals surface area contributed by atoms with E-state index in [0.717, 1.165) is 24.2 Å². The van der Waals surface area contributed by atoms with Crippen molar-refractivity contribution in [1.29, 1.82) is 0 Å². The Morgan fingerprint density at radius 2 is 1.90 bits per heavy atom. The molecule has 0 unspecified atom stereocenters. The number of carbonyl (C=O) groups excluding carboxylic acids is 1. The SMILES string of the molecule is CC1CC(C(=O)Nc2ccc(N(C)C)cc2)(C(N)=S)C1. The van der Waals surface area contributed by atoms with Gasteiger partial charge in [0.2, 0.25) is 5.91 Å². The van der Waals surface area contributed by atoms with Crippen molar-refractivity contribution in [3.63, 3.8) is 0 Å². The van der Waals surface area contributed by atoms with Gasteiger partial charge < -0.3 is 16.0 Å². The summed E-state index contributed by atoms with van der Waals surface area (Å²) in [5.74, 6) is 0.416. The van der Waals surface area contributed by atoms with E-state index in [2.05, 4.69) is 12.2 Å². The standard InChI is InChI=1S/C15H21N3OS/c1-10-8-15(9-10,13(16)20)14(19)17-11-4-6-12(7-5-11)18(2)3/h4-7,10H,8-9H2,1-3H3,(H2,16,20)(H,17,19). The summed E-state index contributed by atoms with van der Waals surface area (Å²) in [4.78, 5) is 14.7. The van der Waals surface area contributed by atoms with Gasteiger partial charge in [-0.25, -0.2) is 0 Å². The Morgan fingerprint density at radius 1 is 1.35 bits per heavy atom. The molecule has 108 valence electrons. The van der Waals surface area contributed by atoms with E-state index in [0.29, 0.717) is 10.9 Å². The molecule has 0 aromatic heterocycles. The molecular formula is C15H21N3OS. The number of carbonyl (C=O) groups is 1. The van der Waals surface area contributed by atoms with Crippen molar-refractivity contribution in [1.82, 2.24) is 0 Å². The fourth-order valence-electron chi connectivity index (χ4n) is 2.72. The molecule has 2 rings (SSSR count). The number of hydrogen-bond donors (Lipinski definition) is 2. The molecule has 0 spiro atoms. The maximum absolute atomic E-state index is 12.4. The molecule has 1 saturated carbocycles. The van der Waals surface area contributed by atoms with Crippen LogP contribution in [0.15, 0.2) is 24.3 Å². The zero-order chi connectivity index (χ0) is 14.9. The number of benzene rings is 1. The third-order valence-corrected chi connectivity index (χ3v) is 4.33. The van der Waals surface area contributed by atoms with Gasteiger partial charge >= 0.3 is 0 Å². The second-order valence-electron chi connectivity index (χ2n) is 5.86.